The molecule has 0 aromatic carbocycles. The molecule has 0 aromatic rings. The summed E-state index contributed by atoms with van der Waals surface area (Å²) < 4.78 is 17.3. The summed E-state index contributed by atoms with van der Waals surface area (Å²) in [6, 6.07) is -0.611. The van der Waals surface area contributed by atoms with Crippen molar-refractivity contribution in [2.75, 3.05) is 41.0 Å². The molecule has 0 spiro atoms. The number of quaternary nitrogens is 1. The topological polar surface area (TPSA) is 99.1 Å². The molecule has 0 aliphatic heterocycles. The van der Waals surface area contributed by atoms with Gasteiger partial charge in [0.15, 0.2) is 12.1 Å². The fraction of sp³-hybridized carbons (Fsp3) is 0.896. The number of carbonyl (C=O) groups excluding carboxylic acids is 2. The summed E-state index contributed by atoms with van der Waals surface area (Å²) in [5.74, 6) is -1.45. The van der Waals surface area contributed by atoms with Gasteiger partial charge in [0.1, 0.15) is 6.61 Å². The highest BCUT2D eigenvalue weighted by molar-refractivity contribution is 5.72. The van der Waals surface area contributed by atoms with Crippen LogP contribution in [0.4, 0.5) is 0 Å². The van der Waals surface area contributed by atoms with Crippen LogP contribution in [0.5, 0.6) is 0 Å². The van der Waals surface area contributed by atoms with Gasteiger partial charge < -0.3 is 23.8 Å². The van der Waals surface area contributed by atoms with Crippen molar-refractivity contribution in [3.05, 3.63) is 12.2 Å². The summed E-state index contributed by atoms with van der Waals surface area (Å²) in [6.07, 6.45) is 42.5. The Morgan fingerprint density at radius 2 is 0.893 bits per heavy atom. The number of ether oxygens (including phenoxy) is 3. The predicted octanol–water partition coefficient (Wildman–Crippen LogP) is 13.1. The lowest BCUT2D eigenvalue weighted by atomic mass is 10.0. The number of allylic oxidation sites excluding steroid dienone is 2. The van der Waals surface area contributed by atoms with Crippen molar-refractivity contribution in [3.63, 3.8) is 0 Å². The number of likely N-dealkylation sites (N-methyl/N-ethyl adjacent to an activating group) is 1. The van der Waals surface area contributed by atoms with E-state index in [4.69, 9.17) is 14.2 Å². The second-order valence-electron chi connectivity index (χ2n) is 17.4. The maximum atomic E-state index is 12.7. The first-order valence-corrected chi connectivity index (χ1v) is 23.7. The monoisotopic (exact) mass is 795 g/mol. The first-order valence-electron chi connectivity index (χ1n) is 23.7. The second-order valence-corrected chi connectivity index (χ2v) is 17.4. The number of unbranched alkanes of at least 4 members (excludes halogenated alkanes) is 27. The number of hydrogen-bond acceptors (Lipinski definition) is 6. The van der Waals surface area contributed by atoms with Crippen LogP contribution >= 0.6 is 0 Å². The summed E-state index contributed by atoms with van der Waals surface area (Å²) in [6.45, 7) is 4.76. The summed E-state index contributed by atoms with van der Waals surface area (Å²) >= 11 is 0. The maximum Gasteiger partial charge on any atom is 0.362 e. The molecule has 330 valence electrons. The predicted molar refractivity (Wildman–Crippen MR) is 234 cm³/mol. The van der Waals surface area contributed by atoms with Crippen LogP contribution in [0, 0.1) is 0 Å². The van der Waals surface area contributed by atoms with Crippen LogP contribution in [0.1, 0.15) is 226 Å². The molecule has 0 amide bonds. The summed E-state index contributed by atoms with van der Waals surface area (Å²) in [5, 5.41) is 9.63. The van der Waals surface area contributed by atoms with Crippen molar-refractivity contribution in [3.8, 4) is 0 Å². The molecule has 0 heterocycles. The Kier molecular flexibility index (Phi) is 38.5. The first-order chi connectivity index (χ1) is 27.1. The van der Waals surface area contributed by atoms with Crippen LogP contribution in [-0.2, 0) is 28.6 Å². The Balaban J connectivity index is 4.27. The van der Waals surface area contributed by atoms with Crippen molar-refractivity contribution >= 4 is 17.9 Å². The Morgan fingerprint density at radius 1 is 0.518 bits per heavy atom. The molecule has 1 N–H and O–H groups in total. The van der Waals surface area contributed by atoms with Gasteiger partial charge in [0.25, 0.3) is 0 Å². The van der Waals surface area contributed by atoms with E-state index in [1.165, 1.54) is 154 Å². The summed E-state index contributed by atoms with van der Waals surface area (Å²) in [4.78, 5) is 37.0. The number of nitrogens with zero attached hydrogens (tertiary/aromatic N) is 1. The Morgan fingerprint density at radius 3 is 1.29 bits per heavy atom. The highest BCUT2D eigenvalue weighted by atomic mass is 16.6. The third-order valence-corrected chi connectivity index (χ3v) is 10.9. The molecule has 0 fully saturated rings. The number of hydrogen-bond donors (Lipinski definition) is 1. The van der Waals surface area contributed by atoms with E-state index in [9.17, 15) is 19.5 Å². The normalized spacial score (nSPS) is 12.9. The van der Waals surface area contributed by atoms with Crippen LogP contribution in [0.2, 0.25) is 0 Å². The van der Waals surface area contributed by atoms with Gasteiger partial charge in [0.05, 0.1) is 34.4 Å². The number of aliphatic carboxylic acids is 1. The minimum atomic E-state index is -0.872. The molecule has 0 saturated carbocycles. The van der Waals surface area contributed by atoms with Gasteiger partial charge in [-0.25, -0.2) is 4.79 Å². The SMILES string of the molecule is CCCCCCCC/C=C/CCCCCCCCCC(=O)OCC(COCCC(C(=O)O)[N+](C)(C)C)OC(=O)CCCCCCCCCCCCCCCCC. The van der Waals surface area contributed by atoms with Crippen LogP contribution in [0.15, 0.2) is 12.2 Å². The van der Waals surface area contributed by atoms with Gasteiger partial charge in [-0.05, 0) is 38.5 Å². The van der Waals surface area contributed by atoms with E-state index < -0.39 is 18.1 Å². The van der Waals surface area contributed by atoms with Gasteiger partial charge in [-0.3, -0.25) is 9.59 Å². The molecule has 0 radical (unpaired) electrons. The van der Waals surface area contributed by atoms with E-state index >= 15 is 0 Å². The third-order valence-electron chi connectivity index (χ3n) is 10.9. The molecular formula is C48H92NO7+. The van der Waals surface area contributed by atoms with Crippen LogP contribution in [-0.4, -0.2) is 80.6 Å². The largest absolute Gasteiger partial charge is 0.477 e. The molecule has 2 unspecified atom stereocenters. The van der Waals surface area contributed by atoms with Crippen LogP contribution < -0.4 is 0 Å². The van der Waals surface area contributed by atoms with Crippen LogP contribution in [0.3, 0.4) is 0 Å². The zero-order valence-electron chi connectivity index (χ0n) is 37.6. The molecule has 2 atom stereocenters. The number of carbonyl (C=O) groups is 3. The number of rotatable bonds is 43. The lowest BCUT2D eigenvalue weighted by Crippen LogP contribution is -2.50. The summed E-state index contributed by atoms with van der Waals surface area (Å²) in [5.41, 5.74) is 0. The van der Waals surface area contributed by atoms with E-state index in [0.29, 0.717) is 19.3 Å². The van der Waals surface area contributed by atoms with Crippen molar-refractivity contribution < 1.29 is 38.2 Å². The molecule has 0 rings (SSSR count). The fourth-order valence-corrected chi connectivity index (χ4v) is 7.21. The molecule has 8 heteroatoms. The Hall–Kier alpha value is -1.93. The van der Waals surface area contributed by atoms with Crippen LogP contribution in [0.25, 0.3) is 0 Å². The zero-order chi connectivity index (χ0) is 41.4. The third kappa shape index (κ3) is 37.6. The highest BCUT2D eigenvalue weighted by Crippen LogP contribution is 2.16. The average Bonchev–Trinajstić information content (AvgIpc) is 3.15. The Labute approximate surface area is 346 Å². The number of carboxylic acid groups (broad SMARTS) is 1. The molecule has 0 aliphatic carbocycles. The maximum absolute atomic E-state index is 12.7. The second kappa shape index (κ2) is 39.9. The molecule has 0 aromatic heterocycles. The standard InChI is InChI=1S/C48H91NO7/c1-6-8-10-12-14-16-18-20-22-23-25-26-28-30-32-34-36-38-46(50)55-43-44(42-54-41-40-45(48(52)53)49(3,4)5)56-47(51)39-37-35-33-31-29-27-24-21-19-17-15-13-11-9-7-2/h20,22,44-45H,6-19,21,23-43H2,1-5H3/p+1/b22-20+. The van der Waals surface area contributed by atoms with E-state index in [-0.39, 0.29) is 36.2 Å². The molecular weight excluding hydrogens is 703 g/mol. The van der Waals surface area contributed by atoms with Gasteiger partial charge in [0, 0.05) is 19.3 Å². The highest BCUT2D eigenvalue weighted by Gasteiger charge is 2.31. The van der Waals surface area contributed by atoms with Gasteiger partial charge in [-0.2, -0.15) is 0 Å². The molecule has 0 aliphatic rings. The van der Waals surface area contributed by atoms with E-state index in [1.807, 2.05) is 21.1 Å². The quantitative estimate of drug-likeness (QED) is 0.0284. The molecule has 8 nitrogen and oxygen atoms in total. The number of carboxylic acids is 1. The molecule has 0 saturated heterocycles. The zero-order valence-corrected chi connectivity index (χ0v) is 37.6. The lowest BCUT2D eigenvalue weighted by molar-refractivity contribution is -0.887. The van der Waals surface area contributed by atoms with Gasteiger partial charge in [-0.15, -0.1) is 0 Å². The average molecular weight is 795 g/mol. The van der Waals surface area contributed by atoms with Crippen molar-refractivity contribution in [1.29, 1.82) is 0 Å². The minimum Gasteiger partial charge on any atom is -0.477 e. The van der Waals surface area contributed by atoms with Crippen molar-refractivity contribution in [2.45, 2.75) is 238 Å². The fourth-order valence-electron chi connectivity index (χ4n) is 7.21. The van der Waals surface area contributed by atoms with Gasteiger partial charge in [-0.1, -0.05) is 180 Å². The van der Waals surface area contributed by atoms with E-state index in [1.54, 1.807) is 0 Å². The van der Waals surface area contributed by atoms with Gasteiger partial charge in [0.2, 0.25) is 0 Å². The molecule has 0 bridgehead atoms. The lowest BCUT2D eigenvalue weighted by Gasteiger charge is -2.31. The first kappa shape index (κ1) is 54.1. The smallest absolute Gasteiger partial charge is 0.362 e. The van der Waals surface area contributed by atoms with Crippen molar-refractivity contribution in [1.82, 2.24) is 0 Å². The minimum absolute atomic E-state index is 0.0471. The van der Waals surface area contributed by atoms with Gasteiger partial charge >= 0.3 is 17.9 Å². The van der Waals surface area contributed by atoms with E-state index in [0.717, 1.165) is 38.5 Å². The Bertz CT molecular complexity index is 931. The number of esters is 2. The van der Waals surface area contributed by atoms with Crippen molar-refractivity contribution in [2.24, 2.45) is 0 Å². The molecule has 56 heavy (non-hydrogen) atoms. The van der Waals surface area contributed by atoms with E-state index in [2.05, 4.69) is 26.0 Å². The summed E-state index contributed by atoms with van der Waals surface area (Å²) in [7, 11) is 5.54.